The van der Waals surface area contributed by atoms with Crippen LogP contribution in [0.2, 0.25) is 0 Å². The Kier molecular flexibility index (Phi) is 6.94. The fourth-order valence-electron chi connectivity index (χ4n) is 3.37. The molecule has 22 heavy (non-hydrogen) atoms. The minimum atomic E-state index is 0.0860. The minimum Gasteiger partial charge on any atom is -0.343 e. The van der Waals surface area contributed by atoms with E-state index < -0.39 is 0 Å². The molecule has 2 amide bonds. The summed E-state index contributed by atoms with van der Waals surface area (Å²) in [5.41, 5.74) is 1.49. The molecule has 124 valence electrons. The average Bonchev–Trinajstić information content (AvgIpc) is 2.56. The van der Waals surface area contributed by atoms with Crippen LogP contribution in [0.5, 0.6) is 0 Å². The van der Waals surface area contributed by atoms with Crippen molar-refractivity contribution in [2.24, 2.45) is 0 Å². The molecule has 0 aromatic carbocycles. The Hall–Kier alpha value is -1.32. The molecule has 1 fully saturated rings. The van der Waals surface area contributed by atoms with Crippen molar-refractivity contribution in [3.63, 3.8) is 0 Å². The summed E-state index contributed by atoms with van der Waals surface area (Å²) in [5, 5.41) is 0. The molecule has 0 N–H and O–H groups in total. The standard InChI is InChI=1S/C18H30N2O2/c1-16(21)19(14-10-17-8-4-2-5-9-17)15-11-18(22)20-12-6-3-7-13-20/h8H,2-7,9-15H2,1H3. The van der Waals surface area contributed by atoms with Gasteiger partial charge in [0.05, 0.1) is 0 Å². The topological polar surface area (TPSA) is 40.6 Å². The zero-order chi connectivity index (χ0) is 15.8. The number of hydrogen-bond donors (Lipinski definition) is 0. The number of piperidine rings is 1. The highest BCUT2D eigenvalue weighted by Gasteiger charge is 2.18. The lowest BCUT2D eigenvalue weighted by Crippen LogP contribution is -2.39. The third-order valence-electron chi connectivity index (χ3n) is 4.84. The first-order chi connectivity index (χ1) is 10.7. The number of rotatable bonds is 6. The molecule has 0 spiro atoms. The number of carbonyl (C=O) groups is 2. The summed E-state index contributed by atoms with van der Waals surface area (Å²) >= 11 is 0. The van der Waals surface area contributed by atoms with Gasteiger partial charge in [-0.05, 0) is 51.4 Å². The lowest BCUT2D eigenvalue weighted by atomic mass is 9.97. The number of amides is 2. The number of allylic oxidation sites excluding steroid dienone is 1. The van der Waals surface area contributed by atoms with Crippen LogP contribution in [-0.4, -0.2) is 47.8 Å². The molecule has 0 bridgehead atoms. The van der Waals surface area contributed by atoms with Crippen molar-refractivity contribution in [3.8, 4) is 0 Å². The van der Waals surface area contributed by atoms with E-state index in [1.54, 1.807) is 6.92 Å². The molecule has 0 aromatic rings. The monoisotopic (exact) mass is 306 g/mol. The van der Waals surface area contributed by atoms with Gasteiger partial charge >= 0.3 is 0 Å². The highest BCUT2D eigenvalue weighted by molar-refractivity contribution is 5.78. The van der Waals surface area contributed by atoms with Crippen LogP contribution in [-0.2, 0) is 9.59 Å². The largest absolute Gasteiger partial charge is 0.343 e. The molecule has 4 heteroatoms. The normalized spacial score (nSPS) is 18.8. The minimum absolute atomic E-state index is 0.0860. The summed E-state index contributed by atoms with van der Waals surface area (Å²) in [6.07, 6.45) is 12.2. The lowest BCUT2D eigenvalue weighted by Gasteiger charge is -2.28. The van der Waals surface area contributed by atoms with Gasteiger partial charge in [-0.25, -0.2) is 0 Å². The first-order valence-electron chi connectivity index (χ1n) is 8.88. The van der Waals surface area contributed by atoms with Crippen molar-refractivity contribution in [2.45, 2.75) is 64.7 Å². The third kappa shape index (κ3) is 5.47. The summed E-state index contributed by atoms with van der Waals surface area (Å²) in [4.78, 5) is 27.8. The maximum atomic E-state index is 12.2. The van der Waals surface area contributed by atoms with Crippen LogP contribution in [0.4, 0.5) is 0 Å². The molecule has 1 heterocycles. The van der Waals surface area contributed by atoms with Crippen molar-refractivity contribution in [1.82, 2.24) is 9.80 Å². The first kappa shape index (κ1) is 17.0. The van der Waals surface area contributed by atoms with Gasteiger partial charge in [-0.2, -0.15) is 0 Å². The van der Waals surface area contributed by atoms with Crippen LogP contribution in [0.1, 0.15) is 64.7 Å². The smallest absolute Gasteiger partial charge is 0.224 e. The molecular weight excluding hydrogens is 276 g/mol. The average molecular weight is 306 g/mol. The van der Waals surface area contributed by atoms with Crippen LogP contribution < -0.4 is 0 Å². The van der Waals surface area contributed by atoms with Gasteiger partial charge in [-0.15, -0.1) is 0 Å². The van der Waals surface area contributed by atoms with Gasteiger partial charge in [0.2, 0.25) is 11.8 Å². The molecule has 0 atom stereocenters. The fourth-order valence-corrected chi connectivity index (χ4v) is 3.37. The molecule has 1 saturated heterocycles. The van der Waals surface area contributed by atoms with Crippen LogP contribution in [0.15, 0.2) is 11.6 Å². The Bertz CT molecular complexity index is 411. The first-order valence-corrected chi connectivity index (χ1v) is 8.88. The van der Waals surface area contributed by atoms with Gasteiger partial charge in [0, 0.05) is 39.5 Å². The zero-order valence-electron chi connectivity index (χ0n) is 14.0. The summed E-state index contributed by atoms with van der Waals surface area (Å²) in [5.74, 6) is 0.297. The van der Waals surface area contributed by atoms with E-state index in [0.29, 0.717) is 13.0 Å². The van der Waals surface area contributed by atoms with Gasteiger partial charge in [-0.3, -0.25) is 9.59 Å². The van der Waals surface area contributed by atoms with Crippen LogP contribution in [0.25, 0.3) is 0 Å². The van der Waals surface area contributed by atoms with E-state index in [2.05, 4.69) is 6.08 Å². The predicted octanol–water partition coefficient (Wildman–Crippen LogP) is 3.13. The second kappa shape index (κ2) is 8.96. The van der Waals surface area contributed by atoms with Gasteiger partial charge in [0.1, 0.15) is 0 Å². The second-order valence-electron chi connectivity index (χ2n) is 6.56. The van der Waals surface area contributed by atoms with E-state index in [1.165, 1.54) is 37.7 Å². The molecule has 2 rings (SSSR count). The van der Waals surface area contributed by atoms with Crippen LogP contribution in [0.3, 0.4) is 0 Å². The predicted molar refractivity (Wildman–Crippen MR) is 88.5 cm³/mol. The van der Waals surface area contributed by atoms with Gasteiger partial charge in [-0.1, -0.05) is 11.6 Å². The van der Waals surface area contributed by atoms with Crippen molar-refractivity contribution < 1.29 is 9.59 Å². The molecule has 1 aliphatic heterocycles. The number of nitrogens with zero attached hydrogens (tertiary/aromatic N) is 2. The highest BCUT2D eigenvalue weighted by atomic mass is 16.2. The molecule has 2 aliphatic rings. The van der Waals surface area contributed by atoms with Crippen LogP contribution in [0, 0.1) is 0 Å². The van der Waals surface area contributed by atoms with Gasteiger partial charge in [0.15, 0.2) is 0 Å². The third-order valence-corrected chi connectivity index (χ3v) is 4.84. The van der Waals surface area contributed by atoms with E-state index in [-0.39, 0.29) is 11.8 Å². The van der Waals surface area contributed by atoms with E-state index in [9.17, 15) is 9.59 Å². The number of likely N-dealkylation sites (tertiary alicyclic amines) is 1. The number of hydrogen-bond acceptors (Lipinski definition) is 2. The van der Waals surface area contributed by atoms with E-state index >= 15 is 0 Å². The zero-order valence-corrected chi connectivity index (χ0v) is 14.0. The Labute approximate surface area is 134 Å². The van der Waals surface area contributed by atoms with E-state index in [4.69, 9.17) is 0 Å². The summed E-state index contributed by atoms with van der Waals surface area (Å²) < 4.78 is 0. The SMILES string of the molecule is CC(=O)N(CCC(=O)N1CCCCC1)CCC1=CCCCC1. The van der Waals surface area contributed by atoms with E-state index in [0.717, 1.165) is 38.9 Å². The Morgan fingerprint density at radius 2 is 1.86 bits per heavy atom. The van der Waals surface area contributed by atoms with E-state index in [1.807, 2.05) is 9.80 Å². The van der Waals surface area contributed by atoms with Gasteiger partial charge < -0.3 is 9.80 Å². The van der Waals surface area contributed by atoms with Crippen molar-refractivity contribution in [2.75, 3.05) is 26.2 Å². The Balaban J connectivity index is 1.74. The second-order valence-corrected chi connectivity index (χ2v) is 6.56. The molecule has 0 unspecified atom stereocenters. The highest BCUT2D eigenvalue weighted by Crippen LogP contribution is 2.20. The molecule has 0 radical (unpaired) electrons. The molecule has 0 aromatic heterocycles. The lowest BCUT2D eigenvalue weighted by molar-refractivity contribution is -0.134. The molecule has 4 nitrogen and oxygen atoms in total. The summed E-state index contributed by atoms with van der Waals surface area (Å²) in [7, 11) is 0. The summed E-state index contributed by atoms with van der Waals surface area (Å²) in [6, 6.07) is 0. The maximum absolute atomic E-state index is 12.2. The quantitative estimate of drug-likeness (QED) is 0.707. The van der Waals surface area contributed by atoms with Crippen LogP contribution >= 0.6 is 0 Å². The van der Waals surface area contributed by atoms with Crippen molar-refractivity contribution in [1.29, 1.82) is 0 Å². The fraction of sp³-hybridized carbons (Fsp3) is 0.778. The Morgan fingerprint density at radius 3 is 2.50 bits per heavy atom. The molecular formula is C18H30N2O2. The van der Waals surface area contributed by atoms with Gasteiger partial charge in [0.25, 0.3) is 0 Å². The Morgan fingerprint density at radius 1 is 1.09 bits per heavy atom. The number of carbonyl (C=O) groups excluding carboxylic acids is 2. The van der Waals surface area contributed by atoms with Crippen molar-refractivity contribution >= 4 is 11.8 Å². The summed E-state index contributed by atoms with van der Waals surface area (Å²) in [6.45, 7) is 4.73. The van der Waals surface area contributed by atoms with Crippen molar-refractivity contribution in [3.05, 3.63) is 11.6 Å². The molecule has 1 aliphatic carbocycles. The molecule has 0 saturated carbocycles. The maximum Gasteiger partial charge on any atom is 0.224 e.